The van der Waals surface area contributed by atoms with Gasteiger partial charge in [-0.3, -0.25) is 14.3 Å². The Morgan fingerprint density at radius 2 is 1.76 bits per heavy atom. The summed E-state index contributed by atoms with van der Waals surface area (Å²) in [6.45, 7) is 1.70. The number of carboxylic acids is 1. The molecule has 0 radical (unpaired) electrons. The molecule has 1 aliphatic rings. The highest BCUT2D eigenvalue weighted by Crippen LogP contribution is 2.32. The van der Waals surface area contributed by atoms with Crippen LogP contribution in [0.3, 0.4) is 0 Å². The maximum Gasteiger partial charge on any atom is 0.490 e. The van der Waals surface area contributed by atoms with E-state index >= 15 is 0 Å². The summed E-state index contributed by atoms with van der Waals surface area (Å²) in [6.07, 6.45) is -6.58. The fraction of sp³-hybridized carbons (Fsp3) is 0.273. The summed E-state index contributed by atoms with van der Waals surface area (Å²) in [5.41, 5.74) is 8.23. The van der Waals surface area contributed by atoms with Crippen LogP contribution in [0, 0.1) is 6.92 Å². The summed E-state index contributed by atoms with van der Waals surface area (Å²) in [4.78, 5) is 44.3. The first-order chi connectivity index (χ1) is 17.5. The molecule has 1 saturated heterocycles. The number of rotatable bonds is 6. The molecule has 0 aromatic heterocycles. The molecule has 0 spiro atoms. The van der Waals surface area contributed by atoms with Gasteiger partial charge in [0.1, 0.15) is 11.3 Å². The number of carbonyl (C=O) groups excluding carboxylic acids is 2. The zero-order chi connectivity index (χ0) is 28.8. The van der Waals surface area contributed by atoms with Gasteiger partial charge in [0.05, 0.1) is 17.8 Å². The van der Waals surface area contributed by atoms with Gasteiger partial charge in [-0.2, -0.15) is 13.2 Å². The molecule has 2 aromatic carbocycles. The van der Waals surface area contributed by atoms with Gasteiger partial charge in [0.25, 0.3) is 0 Å². The van der Waals surface area contributed by atoms with Crippen molar-refractivity contribution in [1.29, 1.82) is 0 Å². The number of benzene rings is 2. The standard InChI is InChI=1S/C20H22N4O6S.C2HF3O2/c1-11-8-12(6-7-13(11)17-10-18(25)24-31(17,29)30)9-16(23-20(27)28)19(26)22-15-5-3-2-4-14(15)21;3-2(4,5)1(6)7/h2-8,16-17,23H,9-10,21H2,1H3,(H,22,26)(H,24,25)(H,27,28);(H,6,7)/t16-,17?;/m0./s1. The number of nitrogen functional groups attached to an aromatic ring is 1. The van der Waals surface area contributed by atoms with Crippen molar-refractivity contribution < 1.29 is 51.0 Å². The molecule has 0 bridgehead atoms. The topological polar surface area (TPSA) is 205 Å². The number of anilines is 2. The number of hydrogen-bond acceptors (Lipinski definition) is 7. The van der Waals surface area contributed by atoms with E-state index in [0.717, 1.165) is 0 Å². The molecule has 7 N–H and O–H groups in total. The first-order valence-corrected chi connectivity index (χ1v) is 12.1. The Bertz CT molecular complexity index is 1350. The van der Waals surface area contributed by atoms with Crippen LogP contribution in [0.25, 0.3) is 0 Å². The van der Waals surface area contributed by atoms with Crippen LogP contribution in [0.2, 0.25) is 0 Å². The summed E-state index contributed by atoms with van der Waals surface area (Å²) in [5, 5.41) is 20.1. The summed E-state index contributed by atoms with van der Waals surface area (Å²) in [7, 11) is -3.78. The van der Waals surface area contributed by atoms with Crippen molar-refractivity contribution in [3.8, 4) is 0 Å². The van der Waals surface area contributed by atoms with E-state index in [9.17, 15) is 36.0 Å². The molecule has 2 aromatic rings. The minimum absolute atomic E-state index is 0.0284. The van der Waals surface area contributed by atoms with E-state index in [2.05, 4.69) is 10.6 Å². The number of nitrogens with two attached hydrogens (primary N) is 1. The number of para-hydroxylation sites is 2. The maximum absolute atomic E-state index is 12.7. The second-order valence-corrected chi connectivity index (χ2v) is 9.90. The van der Waals surface area contributed by atoms with E-state index < -0.39 is 51.4 Å². The minimum Gasteiger partial charge on any atom is -0.475 e. The fourth-order valence-corrected chi connectivity index (χ4v) is 4.99. The SMILES string of the molecule is Cc1cc(C[C@H](NC(=O)O)C(=O)Nc2ccccc2N)ccc1C1CC(=O)NS1(=O)=O.O=C(O)C(F)(F)F. The normalized spacial score (nSPS) is 16.8. The van der Waals surface area contributed by atoms with Gasteiger partial charge in [-0.05, 0) is 35.7 Å². The smallest absolute Gasteiger partial charge is 0.475 e. The Balaban J connectivity index is 0.000000638. The molecular weight excluding hydrogens is 537 g/mol. The van der Waals surface area contributed by atoms with Crippen molar-refractivity contribution in [3.05, 3.63) is 59.2 Å². The van der Waals surface area contributed by atoms with Gasteiger partial charge in [0.2, 0.25) is 21.8 Å². The van der Waals surface area contributed by atoms with E-state index in [1.54, 1.807) is 49.4 Å². The quantitative estimate of drug-likeness (QED) is 0.285. The van der Waals surface area contributed by atoms with Crippen LogP contribution in [0.4, 0.5) is 29.3 Å². The fourth-order valence-electron chi connectivity index (χ4n) is 3.48. The minimum atomic E-state index is -5.08. The molecule has 3 amide bonds. The molecule has 0 aliphatic carbocycles. The number of halogens is 3. The summed E-state index contributed by atoms with van der Waals surface area (Å²) >= 11 is 0. The average molecular weight is 561 g/mol. The van der Waals surface area contributed by atoms with E-state index in [4.69, 9.17) is 20.7 Å². The Kier molecular flexibility index (Phi) is 9.29. The van der Waals surface area contributed by atoms with Crippen LogP contribution in [0.5, 0.6) is 0 Å². The summed E-state index contributed by atoms with van der Waals surface area (Å²) < 4.78 is 58.0. The van der Waals surface area contributed by atoms with Gasteiger partial charge in [0.15, 0.2) is 0 Å². The molecule has 3 rings (SSSR count). The lowest BCUT2D eigenvalue weighted by molar-refractivity contribution is -0.192. The number of hydrogen-bond donors (Lipinski definition) is 6. The highest BCUT2D eigenvalue weighted by Gasteiger charge is 2.39. The van der Waals surface area contributed by atoms with Gasteiger partial charge in [-0.15, -0.1) is 0 Å². The van der Waals surface area contributed by atoms with E-state index in [1.807, 2.05) is 4.72 Å². The van der Waals surface area contributed by atoms with Crippen LogP contribution in [0.1, 0.15) is 28.4 Å². The van der Waals surface area contributed by atoms with Crippen molar-refractivity contribution in [2.75, 3.05) is 11.1 Å². The van der Waals surface area contributed by atoms with E-state index in [-0.39, 0.29) is 12.8 Å². The molecule has 2 atom stereocenters. The zero-order valence-electron chi connectivity index (χ0n) is 19.6. The third-order valence-electron chi connectivity index (χ3n) is 5.20. The number of amides is 3. The van der Waals surface area contributed by atoms with Crippen molar-refractivity contribution in [1.82, 2.24) is 10.0 Å². The van der Waals surface area contributed by atoms with Gasteiger partial charge in [-0.25, -0.2) is 18.0 Å². The molecule has 1 unspecified atom stereocenters. The molecule has 1 heterocycles. The molecule has 206 valence electrons. The predicted octanol–water partition coefficient (Wildman–Crippen LogP) is 1.92. The number of carbonyl (C=O) groups is 4. The third-order valence-corrected chi connectivity index (χ3v) is 6.88. The summed E-state index contributed by atoms with van der Waals surface area (Å²) in [6, 6.07) is 10.4. The Labute approximate surface area is 214 Å². The van der Waals surface area contributed by atoms with Crippen molar-refractivity contribution >= 4 is 45.3 Å². The van der Waals surface area contributed by atoms with Gasteiger partial charge < -0.3 is 26.6 Å². The highest BCUT2D eigenvalue weighted by molar-refractivity contribution is 7.90. The molecule has 12 nitrogen and oxygen atoms in total. The Morgan fingerprint density at radius 3 is 2.24 bits per heavy atom. The van der Waals surface area contributed by atoms with Crippen LogP contribution in [0.15, 0.2) is 42.5 Å². The monoisotopic (exact) mass is 560 g/mol. The zero-order valence-corrected chi connectivity index (χ0v) is 20.4. The van der Waals surface area contributed by atoms with Crippen LogP contribution in [-0.2, 0) is 30.8 Å². The Hall–Kier alpha value is -4.34. The van der Waals surface area contributed by atoms with Crippen molar-refractivity contribution in [3.63, 3.8) is 0 Å². The molecule has 38 heavy (non-hydrogen) atoms. The first-order valence-electron chi connectivity index (χ1n) is 10.6. The van der Waals surface area contributed by atoms with E-state index in [1.165, 1.54) is 0 Å². The van der Waals surface area contributed by atoms with Gasteiger partial charge >= 0.3 is 18.2 Å². The number of aliphatic carboxylic acids is 1. The van der Waals surface area contributed by atoms with Crippen LogP contribution < -0.4 is 21.1 Å². The third kappa shape index (κ3) is 8.09. The lowest BCUT2D eigenvalue weighted by Crippen LogP contribution is -2.44. The number of carboxylic acid groups (broad SMARTS) is 2. The van der Waals surface area contributed by atoms with Gasteiger partial charge in [0, 0.05) is 6.42 Å². The molecule has 16 heteroatoms. The largest absolute Gasteiger partial charge is 0.490 e. The number of aryl methyl sites for hydroxylation is 1. The van der Waals surface area contributed by atoms with Crippen molar-refractivity contribution in [2.45, 2.75) is 37.2 Å². The van der Waals surface area contributed by atoms with Gasteiger partial charge in [-0.1, -0.05) is 30.3 Å². The highest BCUT2D eigenvalue weighted by atomic mass is 32.2. The Morgan fingerprint density at radius 1 is 1.16 bits per heavy atom. The van der Waals surface area contributed by atoms with Crippen LogP contribution in [-0.4, -0.2) is 54.7 Å². The first kappa shape index (κ1) is 29.9. The lowest BCUT2D eigenvalue weighted by atomic mass is 9.97. The average Bonchev–Trinajstić information content (AvgIpc) is 3.06. The summed E-state index contributed by atoms with van der Waals surface area (Å²) in [5.74, 6) is -3.90. The predicted molar refractivity (Wildman–Crippen MR) is 127 cm³/mol. The lowest BCUT2D eigenvalue weighted by Gasteiger charge is -2.19. The van der Waals surface area contributed by atoms with Crippen molar-refractivity contribution in [2.24, 2.45) is 0 Å². The maximum atomic E-state index is 12.7. The molecular formula is C22H23F3N4O8S. The number of alkyl halides is 3. The molecule has 1 aliphatic heterocycles. The molecule has 1 fully saturated rings. The van der Waals surface area contributed by atoms with E-state index in [0.29, 0.717) is 28.1 Å². The second kappa shape index (κ2) is 11.8. The molecule has 0 saturated carbocycles. The second-order valence-electron chi connectivity index (χ2n) is 8.04. The number of nitrogens with one attached hydrogen (secondary N) is 3. The van der Waals surface area contributed by atoms with Crippen LogP contribution >= 0.6 is 0 Å². The number of sulfonamides is 1.